The minimum Gasteiger partial charge on any atom is -0.331 e. The third-order valence-corrected chi connectivity index (χ3v) is 3.79. The van der Waals surface area contributed by atoms with E-state index < -0.39 is 5.82 Å². The van der Waals surface area contributed by atoms with Gasteiger partial charge in [0.05, 0.1) is 10.7 Å². The van der Waals surface area contributed by atoms with Crippen molar-refractivity contribution >= 4 is 33.8 Å². The number of nitrogens with one attached hydrogen (secondary N) is 1. The monoisotopic (exact) mass is 304 g/mol. The molecule has 1 N–H and O–H groups in total. The van der Waals surface area contributed by atoms with Crippen LogP contribution < -0.4 is 5.32 Å². The van der Waals surface area contributed by atoms with Crippen molar-refractivity contribution in [3.05, 3.63) is 64.8 Å². The molecule has 0 spiro atoms. The zero-order chi connectivity index (χ0) is 13.9. The molecule has 0 bridgehead atoms. The van der Waals surface area contributed by atoms with Gasteiger partial charge in [0.15, 0.2) is 5.13 Å². The molecule has 5 heteroatoms. The van der Waals surface area contributed by atoms with E-state index in [1.165, 1.54) is 17.4 Å². The first-order valence-corrected chi connectivity index (χ1v) is 7.21. The van der Waals surface area contributed by atoms with Gasteiger partial charge in [-0.25, -0.2) is 9.37 Å². The second-order valence-corrected chi connectivity index (χ2v) is 5.42. The fourth-order valence-corrected chi connectivity index (χ4v) is 2.69. The lowest BCUT2D eigenvalue weighted by molar-refractivity contribution is 0.628. The zero-order valence-electron chi connectivity index (χ0n) is 10.3. The first-order valence-electron chi connectivity index (χ1n) is 5.95. The molecule has 0 atom stereocenters. The molecule has 0 aliphatic rings. The molecular weight excluding hydrogens is 295 g/mol. The number of halogens is 2. The predicted octanol–water partition coefficient (Wildman–Crippen LogP) is 5.35. The van der Waals surface area contributed by atoms with Gasteiger partial charge in [0.25, 0.3) is 0 Å². The maximum Gasteiger partial charge on any atom is 0.187 e. The Hall–Kier alpha value is -1.91. The fraction of sp³-hybridized carbons (Fsp3) is 0. The molecular formula is C15H10ClFN2S. The predicted molar refractivity (Wildman–Crippen MR) is 82.2 cm³/mol. The van der Waals surface area contributed by atoms with Crippen LogP contribution in [0.5, 0.6) is 0 Å². The van der Waals surface area contributed by atoms with Crippen molar-refractivity contribution in [2.45, 2.75) is 0 Å². The Morgan fingerprint density at radius 2 is 1.90 bits per heavy atom. The number of rotatable bonds is 3. The van der Waals surface area contributed by atoms with E-state index in [0.717, 1.165) is 16.4 Å². The summed E-state index contributed by atoms with van der Waals surface area (Å²) in [5.74, 6) is -0.429. The van der Waals surface area contributed by atoms with Crippen LogP contribution in [0.2, 0.25) is 5.02 Å². The van der Waals surface area contributed by atoms with Gasteiger partial charge in [-0.1, -0.05) is 41.9 Å². The molecule has 100 valence electrons. The van der Waals surface area contributed by atoms with E-state index >= 15 is 0 Å². The molecule has 0 unspecified atom stereocenters. The number of hydrogen-bond donors (Lipinski definition) is 1. The van der Waals surface area contributed by atoms with Crippen molar-refractivity contribution in [2.24, 2.45) is 0 Å². The van der Waals surface area contributed by atoms with Crippen LogP contribution in [-0.4, -0.2) is 4.98 Å². The molecule has 2 aromatic carbocycles. The quantitative estimate of drug-likeness (QED) is 0.706. The summed E-state index contributed by atoms with van der Waals surface area (Å²) in [7, 11) is 0. The number of thiazole rings is 1. The molecule has 0 saturated heterocycles. The highest BCUT2D eigenvalue weighted by atomic mass is 35.5. The fourth-order valence-electron chi connectivity index (χ4n) is 1.77. The van der Waals surface area contributed by atoms with E-state index in [0.29, 0.717) is 5.69 Å². The molecule has 1 aromatic heterocycles. The van der Waals surface area contributed by atoms with Crippen LogP contribution in [0.15, 0.2) is 53.9 Å². The minimum atomic E-state index is -0.429. The summed E-state index contributed by atoms with van der Waals surface area (Å²) in [6.07, 6.45) is 0. The Balaban J connectivity index is 1.82. The highest BCUT2D eigenvalue weighted by Gasteiger charge is 2.06. The molecule has 1 heterocycles. The second-order valence-electron chi connectivity index (χ2n) is 4.16. The van der Waals surface area contributed by atoms with Gasteiger partial charge in [-0.3, -0.25) is 0 Å². The summed E-state index contributed by atoms with van der Waals surface area (Å²) in [5.41, 5.74) is 2.69. The second kappa shape index (κ2) is 5.61. The van der Waals surface area contributed by atoms with E-state index in [2.05, 4.69) is 10.3 Å². The Morgan fingerprint density at radius 3 is 2.65 bits per heavy atom. The van der Waals surface area contributed by atoms with Gasteiger partial charge in [0.1, 0.15) is 5.82 Å². The van der Waals surface area contributed by atoms with Gasteiger partial charge in [-0.05, 0) is 18.2 Å². The van der Waals surface area contributed by atoms with E-state index in [4.69, 9.17) is 11.6 Å². The lowest BCUT2D eigenvalue weighted by Gasteiger charge is -2.03. The number of anilines is 2. The normalized spacial score (nSPS) is 10.5. The first-order chi connectivity index (χ1) is 9.72. The summed E-state index contributed by atoms with van der Waals surface area (Å²) in [6, 6.07) is 14.4. The van der Waals surface area contributed by atoms with Gasteiger partial charge in [-0.2, -0.15) is 0 Å². The van der Waals surface area contributed by atoms with E-state index in [1.54, 1.807) is 12.1 Å². The van der Waals surface area contributed by atoms with E-state index in [9.17, 15) is 4.39 Å². The average molecular weight is 305 g/mol. The molecule has 0 saturated carbocycles. The number of hydrogen-bond acceptors (Lipinski definition) is 3. The molecule has 20 heavy (non-hydrogen) atoms. The van der Waals surface area contributed by atoms with Crippen LogP contribution >= 0.6 is 22.9 Å². The molecule has 0 radical (unpaired) electrons. The van der Waals surface area contributed by atoms with Crippen molar-refractivity contribution in [2.75, 3.05) is 5.32 Å². The number of benzene rings is 2. The molecule has 0 aliphatic carbocycles. The van der Waals surface area contributed by atoms with Crippen molar-refractivity contribution in [1.82, 2.24) is 4.98 Å². The van der Waals surface area contributed by atoms with Gasteiger partial charge < -0.3 is 5.32 Å². The van der Waals surface area contributed by atoms with Crippen molar-refractivity contribution in [3.63, 3.8) is 0 Å². The Labute approximate surface area is 124 Å². The molecule has 2 nitrogen and oxygen atoms in total. The van der Waals surface area contributed by atoms with Crippen LogP contribution in [-0.2, 0) is 0 Å². The Bertz CT molecular complexity index is 728. The van der Waals surface area contributed by atoms with Gasteiger partial charge >= 0.3 is 0 Å². The van der Waals surface area contributed by atoms with Crippen LogP contribution in [0.4, 0.5) is 15.2 Å². The van der Waals surface area contributed by atoms with Crippen LogP contribution in [0.25, 0.3) is 11.3 Å². The maximum absolute atomic E-state index is 13.1. The zero-order valence-corrected chi connectivity index (χ0v) is 11.9. The Kier molecular flexibility index (Phi) is 3.67. The molecule has 0 fully saturated rings. The van der Waals surface area contributed by atoms with E-state index in [-0.39, 0.29) is 5.02 Å². The Morgan fingerprint density at radius 1 is 1.10 bits per heavy atom. The lowest BCUT2D eigenvalue weighted by atomic mass is 10.2. The van der Waals surface area contributed by atoms with Crippen LogP contribution in [0, 0.1) is 5.82 Å². The standard InChI is InChI=1S/C15H10ClFN2S/c16-12-8-11(6-7-13(12)17)18-15-19-14(9-20-15)10-4-2-1-3-5-10/h1-9H,(H,18,19). The van der Waals surface area contributed by atoms with Crippen molar-refractivity contribution in [3.8, 4) is 11.3 Å². The highest BCUT2D eigenvalue weighted by molar-refractivity contribution is 7.14. The largest absolute Gasteiger partial charge is 0.331 e. The minimum absolute atomic E-state index is 0.0924. The summed E-state index contributed by atoms with van der Waals surface area (Å²) in [5, 5.41) is 5.93. The van der Waals surface area contributed by atoms with Gasteiger partial charge in [0, 0.05) is 16.6 Å². The van der Waals surface area contributed by atoms with E-state index in [1.807, 2.05) is 35.7 Å². The first kappa shape index (κ1) is 13.1. The summed E-state index contributed by atoms with van der Waals surface area (Å²) in [6.45, 7) is 0. The number of nitrogens with zero attached hydrogens (tertiary/aromatic N) is 1. The summed E-state index contributed by atoms with van der Waals surface area (Å²) in [4.78, 5) is 4.50. The van der Waals surface area contributed by atoms with Crippen molar-refractivity contribution < 1.29 is 4.39 Å². The van der Waals surface area contributed by atoms with Crippen molar-refractivity contribution in [1.29, 1.82) is 0 Å². The molecule has 3 aromatic rings. The van der Waals surface area contributed by atoms with Gasteiger partial charge in [0.2, 0.25) is 0 Å². The topological polar surface area (TPSA) is 24.9 Å². The lowest BCUT2D eigenvalue weighted by Crippen LogP contribution is -1.90. The number of aromatic nitrogens is 1. The summed E-state index contributed by atoms with van der Waals surface area (Å²) < 4.78 is 13.1. The summed E-state index contributed by atoms with van der Waals surface area (Å²) >= 11 is 7.24. The SMILES string of the molecule is Fc1ccc(Nc2nc(-c3ccccc3)cs2)cc1Cl. The third kappa shape index (κ3) is 2.81. The molecule has 3 rings (SSSR count). The average Bonchev–Trinajstić information content (AvgIpc) is 2.92. The molecule has 0 aliphatic heterocycles. The van der Waals surface area contributed by atoms with Crippen LogP contribution in [0.3, 0.4) is 0 Å². The van der Waals surface area contributed by atoms with Gasteiger partial charge in [-0.15, -0.1) is 11.3 Å². The molecule has 0 amide bonds. The maximum atomic E-state index is 13.1. The van der Waals surface area contributed by atoms with Crippen LogP contribution in [0.1, 0.15) is 0 Å². The smallest absolute Gasteiger partial charge is 0.187 e. The highest BCUT2D eigenvalue weighted by Crippen LogP contribution is 2.28. The third-order valence-electron chi connectivity index (χ3n) is 2.74.